The summed E-state index contributed by atoms with van der Waals surface area (Å²) in [5, 5.41) is 0.147. The Bertz CT molecular complexity index is 643. The Labute approximate surface area is 135 Å². The zero-order valence-electron chi connectivity index (χ0n) is 11.6. The zero-order valence-corrected chi connectivity index (χ0v) is 14.0. The number of nitrogens with zero attached hydrogens (tertiary/aromatic N) is 1. The second kappa shape index (κ2) is 6.58. The molecule has 1 aromatic rings. The Hall–Kier alpha value is -0.730. The molecule has 1 saturated heterocycles. The fourth-order valence-electron chi connectivity index (χ4n) is 2.20. The van der Waals surface area contributed by atoms with Crippen molar-refractivity contribution in [3.8, 4) is 0 Å². The molecule has 0 radical (unpaired) electrons. The van der Waals surface area contributed by atoms with Gasteiger partial charge in [-0.15, -0.1) is 0 Å². The molecule has 0 aliphatic carbocycles. The summed E-state index contributed by atoms with van der Waals surface area (Å²) in [6.07, 6.45) is 1.75. The van der Waals surface area contributed by atoms with Crippen molar-refractivity contribution < 1.29 is 13.2 Å². The second-order valence-electron chi connectivity index (χ2n) is 4.93. The van der Waals surface area contributed by atoms with Gasteiger partial charge in [0.05, 0.1) is 11.1 Å². The number of thiocarbonyl (C=S) groups is 1. The molecule has 1 heterocycles. The second-order valence-corrected chi connectivity index (χ2v) is 7.79. The van der Waals surface area contributed by atoms with Gasteiger partial charge in [-0.2, -0.15) is 4.31 Å². The van der Waals surface area contributed by atoms with Gasteiger partial charge in [0.1, 0.15) is 9.88 Å². The van der Waals surface area contributed by atoms with Gasteiger partial charge < -0.3 is 10.5 Å². The summed E-state index contributed by atoms with van der Waals surface area (Å²) in [7, 11) is -2.19. The number of likely N-dealkylation sites (N-methyl/N-ethyl adjacent to an activating group) is 1. The average molecular weight is 349 g/mol. The van der Waals surface area contributed by atoms with E-state index in [1.54, 1.807) is 6.07 Å². The topological polar surface area (TPSA) is 72.6 Å². The van der Waals surface area contributed by atoms with E-state index in [0.29, 0.717) is 18.7 Å². The molecule has 1 atom stereocenters. The molecule has 1 aromatic carbocycles. The van der Waals surface area contributed by atoms with Gasteiger partial charge in [-0.1, -0.05) is 29.9 Å². The molecule has 1 aliphatic heterocycles. The number of sulfonamides is 1. The minimum atomic E-state index is -3.71. The summed E-state index contributed by atoms with van der Waals surface area (Å²) in [5.41, 5.74) is 6.01. The highest BCUT2D eigenvalue weighted by Crippen LogP contribution is 2.26. The monoisotopic (exact) mass is 348 g/mol. The van der Waals surface area contributed by atoms with E-state index >= 15 is 0 Å². The number of rotatable bonds is 5. The fraction of sp³-hybridized carbons (Fsp3) is 0.462. The molecular formula is C13H17ClN2O3S2. The zero-order chi connectivity index (χ0) is 15.6. The van der Waals surface area contributed by atoms with Crippen molar-refractivity contribution >= 4 is 38.8 Å². The number of hydrogen-bond donors (Lipinski definition) is 1. The molecule has 21 heavy (non-hydrogen) atoms. The minimum absolute atomic E-state index is 0.00923. The van der Waals surface area contributed by atoms with Crippen molar-refractivity contribution in [3.05, 3.63) is 28.8 Å². The lowest BCUT2D eigenvalue weighted by atomic mass is 10.2. The lowest BCUT2D eigenvalue weighted by Crippen LogP contribution is -2.34. The minimum Gasteiger partial charge on any atom is -0.389 e. The first kappa shape index (κ1) is 16.6. The van der Waals surface area contributed by atoms with Crippen LogP contribution in [0.5, 0.6) is 0 Å². The highest BCUT2D eigenvalue weighted by molar-refractivity contribution is 7.89. The SMILES string of the molecule is CN(CC1CCCO1)S(=O)(=O)c1cc(C(N)=S)ccc1Cl. The maximum absolute atomic E-state index is 12.6. The first-order valence-corrected chi connectivity index (χ1v) is 8.72. The number of benzene rings is 1. The van der Waals surface area contributed by atoms with E-state index in [1.165, 1.54) is 23.5 Å². The maximum atomic E-state index is 12.6. The van der Waals surface area contributed by atoms with Crippen molar-refractivity contribution in [2.24, 2.45) is 5.73 Å². The van der Waals surface area contributed by atoms with E-state index in [0.717, 1.165) is 12.8 Å². The highest BCUT2D eigenvalue weighted by atomic mass is 35.5. The van der Waals surface area contributed by atoms with Gasteiger partial charge in [-0.3, -0.25) is 0 Å². The lowest BCUT2D eigenvalue weighted by molar-refractivity contribution is 0.0979. The van der Waals surface area contributed by atoms with Gasteiger partial charge in [-0.05, 0) is 25.0 Å². The Kier molecular flexibility index (Phi) is 5.21. The van der Waals surface area contributed by atoms with Gasteiger partial charge in [-0.25, -0.2) is 8.42 Å². The summed E-state index contributed by atoms with van der Waals surface area (Å²) in [5.74, 6) is 0. The molecule has 1 unspecified atom stereocenters. The van der Waals surface area contributed by atoms with Crippen LogP contribution in [0.4, 0.5) is 0 Å². The summed E-state index contributed by atoms with van der Waals surface area (Å²) in [6.45, 7) is 0.978. The molecular weight excluding hydrogens is 332 g/mol. The van der Waals surface area contributed by atoms with E-state index < -0.39 is 10.0 Å². The van der Waals surface area contributed by atoms with Gasteiger partial charge in [0.15, 0.2) is 0 Å². The van der Waals surface area contributed by atoms with Gasteiger partial charge in [0.2, 0.25) is 10.0 Å². The summed E-state index contributed by atoms with van der Waals surface area (Å²) in [6, 6.07) is 4.50. The molecule has 116 valence electrons. The van der Waals surface area contributed by atoms with Crippen molar-refractivity contribution in [2.75, 3.05) is 20.2 Å². The molecule has 2 rings (SSSR count). The van der Waals surface area contributed by atoms with Crippen molar-refractivity contribution in [1.82, 2.24) is 4.31 Å². The molecule has 0 saturated carbocycles. The quantitative estimate of drug-likeness (QED) is 0.821. The number of halogens is 1. The molecule has 8 heteroatoms. The van der Waals surface area contributed by atoms with Crippen LogP contribution >= 0.6 is 23.8 Å². The van der Waals surface area contributed by atoms with Gasteiger partial charge in [0.25, 0.3) is 0 Å². The van der Waals surface area contributed by atoms with Crippen LogP contribution < -0.4 is 5.73 Å². The number of hydrogen-bond acceptors (Lipinski definition) is 4. The molecule has 0 amide bonds. The summed E-state index contributed by atoms with van der Waals surface area (Å²) in [4.78, 5) is 0.139. The van der Waals surface area contributed by atoms with Crippen molar-refractivity contribution in [2.45, 2.75) is 23.8 Å². The third kappa shape index (κ3) is 3.73. The van der Waals surface area contributed by atoms with Crippen LogP contribution in [0.15, 0.2) is 23.1 Å². The van der Waals surface area contributed by atoms with E-state index in [9.17, 15) is 8.42 Å². The van der Waals surface area contributed by atoms with Crippen LogP contribution in [0.1, 0.15) is 18.4 Å². The first-order valence-electron chi connectivity index (χ1n) is 6.49. The average Bonchev–Trinajstić information content (AvgIpc) is 2.91. The Morgan fingerprint density at radius 2 is 2.29 bits per heavy atom. The standard InChI is InChI=1S/C13H17ClN2O3S2/c1-16(8-10-3-2-6-19-10)21(17,18)12-7-9(13(15)20)4-5-11(12)14/h4-5,7,10H,2-3,6,8H2,1H3,(H2,15,20). The van der Waals surface area contributed by atoms with Crippen LogP contribution in [0.3, 0.4) is 0 Å². The smallest absolute Gasteiger partial charge is 0.244 e. The normalized spacial score (nSPS) is 19.1. The largest absolute Gasteiger partial charge is 0.389 e. The van der Waals surface area contributed by atoms with Crippen LogP contribution in [-0.4, -0.2) is 44.0 Å². The Morgan fingerprint density at radius 1 is 1.57 bits per heavy atom. The maximum Gasteiger partial charge on any atom is 0.244 e. The van der Waals surface area contributed by atoms with Crippen molar-refractivity contribution in [1.29, 1.82) is 0 Å². The Morgan fingerprint density at radius 3 is 2.86 bits per heavy atom. The van der Waals surface area contributed by atoms with Gasteiger partial charge in [0, 0.05) is 25.8 Å². The summed E-state index contributed by atoms with van der Waals surface area (Å²) < 4.78 is 32.0. The van der Waals surface area contributed by atoms with E-state index in [1.807, 2.05) is 0 Å². The van der Waals surface area contributed by atoms with Crippen LogP contribution in [-0.2, 0) is 14.8 Å². The first-order chi connectivity index (χ1) is 9.82. The number of nitrogens with two attached hydrogens (primary N) is 1. The molecule has 0 bridgehead atoms. The van der Waals surface area contributed by atoms with E-state index in [4.69, 9.17) is 34.3 Å². The van der Waals surface area contributed by atoms with Crippen LogP contribution in [0.2, 0.25) is 5.02 Å². The Balaban J connectivity index is 2.29. The van der Waals surface area contributed by atoms with E-state index in [2.05, 4.69) is 0 Å². The molecule has 5 nitrogen and oxygen atoms in total. The molecule has 1 fully saturated rings. The molecule has 0 aromatic heterocycles. The van der Waals surface area contributed by atoms with E-state index in [-0.39, 0.29) is 21.0 Å². The fourth-order valence-corrected chi connectivity index (χ4v) is 4.02. The van der Waals surface area contributed by atoms with Crippen LogP contribution in [0.25, 0.3) is 0 Å². The third-order valence-electron chi connectivity index (χ3n) is 3.39. The van der Waals surface area contributed by atoms with Crippen LogP contribution in [0, 0.1) is 0 Å². The third-order valence-corrected chi connectivity index (χ3v) is 5.93. The summed E-state index contributed by atoms with van der Waals surface area (Å²) >= 11 is 10.9. The molecule has 2 N–H and O–H groups in total. The predicted molar refractivity (Wildman–Crippen MR) is 86.1 cm³/mol. The van der Waals surface area contributed by atoms with Gasteiger partial charge >= 0.3 is 0 Å². The number of ether oxygens (including phenoxy) is 1. The predicted octanol–water partition coefficient (Wildman–Crippen LogP) is 1.77. The molecule has 1 aliphatic rings. The molecule has 0 spiro atoms. The highest BCUT2D eigenvalue weighted by Gasteiger charge is 2.28. The van der Waals surface area contributed by atoms with Crippen molar-refractivity contribution in [3.63, 3.8) is 0 Å². The lowest BCUT2D eigenvalue weighted by Gasteiger charge is -2.21.